The van der Waals surface area contributed by atoms with Gasteiger partial charge in [-0.25, -0.2) is 0 Å². The second-order valence-electron chi connectivity index (χ2n) is 5.96. The smallest absolute Gasteiger partial charge is 0.230 e. The summed E-state index contributed by atoms with van der Waals surface area (Å²) in [7, 11) is 3.63. The Morgan fingerprint density at radius 3 is 2.45 bits per heavy atom. The fourth-order valence-electron chi connectivity index (χ4n) is 3.09. The minimum atomic E-state index is -0.333. The van der Waals surface area contributed by atoms with Crippen molar-refractivity contribution >= 4 is 11.9 Å². The van der Waals surface area contributed by atoms with E-state index in [1.54, 1.807) is 4.90 Å². The van der Waals surface area contributed by atoms with Gasteiger partial charge in [0.2, 0.25) is 5.91 Å². The lowest BCUT2D eigenvalue weighted by Crippen LogP contribution is -2.46. The normalized spacial score (nSPS) is 22.9. The topological polar surface area (TPSA) is 71.2 Å². The van der Waals surface area contributed by atoms with Crippen molar-refractivity contribution in [2.45, 2.75) is 25.7 Å². The van der Waals surface area contributed by atoms with Crippen LogP contribution in [0.4, 0.5) is 0 Å². The van der Waals surface area contributed by atoms with Gasteiger partial charge in [-0.2, -0.15) is 0 Å². The van der Waals surface area contributed by atoms with Crippen LogP contribution in [0.1, 0.15) is 25.7 Å². The molecule has 0 unspecified atom stereocenters. The second kappa shape index (κ2) is 6.43. The Morgan fingerprint density at radius 1 is 1.30 bits per heavy atom. The minimum Gasteiger partial charge on any atom is -0.378 e. The maximum atomic E-state index is 12.4. The van der Waals surface area contributed by atoms with Crippen molar-refractivity contribution in [3.63, 3.8) is 0 Å². The summed E-state index contributed by atoms with van der Waals surface area (Å²) >= 11 is 0. The van der Waals surface area contributed by atoms with Crippen molar-refractivity contribution in [2.75, 3.05) is 46.9 Å². The molecule has 0 aromatic carbocycles. The molecule has 0 atom stereocenters. The molecule has 1 saturated heterocycles. The molecule has 20 heavy (non-hydrogen) atoms. The highest BCUT2D eigenvalue weighted by Gasteiger charge is 2.42. The summed E-state index contributed by atoms with van der Waals surface area (Å²) in [6, 6.07) is 0. The van der Waals surface area contributed by atoms with Crippen LogP contribution in [0.25, 0.3) is 0 Å². The molecule has 2 aliphatic rings. The third kappa shape index (κ3) is 3.23. The van der Waals surface area contributed by atoms with Gasteiger partial charge in [-0.3, -0.25) is 9.79 Å². The van der Waals surface area contributed by atoms with Crippen molar-refractivity contribution < 1.29 is 9.53 Å². The van der Waals surface area contributed by atoms with E-state index in [0.717, 1.165) is 38.8 Å². The van der Waals surface area contributed by atoms with Gasteiger partial charge < -0.3 is 20.3 Å². The molecule has 0 aromatic heterocycles. The summed E-state index contributed by atoms with van der Waals surface area (Å²) < 4.78 is 5.30. The molecule has 1 aliphatic heterocycles. The van der Waals surface area contributed by atoms with Crippen molar-refractivity contribution in [3.05, 3.63) is 0 Å². The van der Waals surface area contributed by atoms with Crippen LogP contribution < -0.4 is 5.73 Å². The number of hydrogen-bond acceptors (Lipinski definition) is 3. The zero-order valence-corrected chi connectivity index (χ0v) is 12.6. The zero-order valence-electron chi connectivity index (χ0n) is 12.6. The minimum absolute atomic E-state index is 0.188. The lowest BCUT2D eigenvalue weighted by Gasteiger charge is -2.31. The molecule has 0 radical (unpaired) electrons. The summed E-state index contributed by atoms with van der Waals surface area (Å²) in [6.07, 6.45) is 4.05. The molecule has 114 valence electrons. The van der Waals surface area contributed by atoms with E-state index in [-0.39, 0.29) is 11.3 Å². The summed E-state index contributed by atoms with van der Waals surface area (Å²) in [5.74, 6) is 0.736. The van der Waals surface area contributed by atoms with E-state index >= 15 is 0 Å². The first-order valence-corrected chi connectivity index (χ1v) is 7.39. The van der Waals surface area contributed by atoms with E-state index in [4.69, 9.17) is 10.5 Å². The van der Waals surface area contributed by atoms with Crippen molar-refractivity contribution in [1.29, 1.82) is 0 Å². The predicted octanol–water partition coefficient (Wildman–Crippen LogP) is 0.282. The number of carbonyl (C=O) groups is 1. The standard InChI is InChI=1S/C14H26N4O2/c1-17(2)12(19)14(5-3-4-6-14)11-16-13(15)18-7-9-20-10-8-18/h3-11H2,1-2H3,(H2,15,16). The maximum Gasteiger partial charge on any atom is 0.230 e. The van der Waals surface area contributed by atoms with E-state index in [9.17, 15) is 4.79 Å². The van der Waals surface area contributed by atoms with Crippen molar-refractivity contribution in [3.8, 4) is 0 Å². The van der Waals surface area contributed by atoms with E-state index in [1.165, 1.54) is 0 Å². The van der Waals surface area contributed by atoms with Crippen LogP contribution in [0, 0.1) is 5.41 Å². The summed E-state index contributed by atoms with van der Waals surface area (Å²) in [5, 5.41) is 0. The molecule has 6 nitrogen and oxygen atoms in total. The second-order valence-corrected chi connectivity index (χ2v) is 5.96. The largest absolute Gasteiger partial charge is 0.378 e. The number of ether oxygens (including phenoxy) is 1. The third-order valence-electron chi connectivity index (χ3n) is 4.30. The van der Waals surface area contributed by atoms with Gasteiger partial charge in [-0.15, -0.1) is 0 Å². The van der Waals surface area contributed by atoms with E-state index < -0.39 is 0 Å². The molecule has 6 heteroatoms. The molecule has 0 spiro atoms. The first kappa shape index (κ1) is 15.1. The lowest BCUT2D eigenvalue weighted by molar-refractivity contribution is -0.138. The van der Waals surface area contributed by atoms with E-state index in [0.29, 0.717) is 25.7 Å². The van der Waals surface area contributed by atoms with E-state index in [2.05, 4.69) is 4.99 Å². The maximum absolute atomic E-state index is 12.4. The number of hydrogen-bond donors (Lipinski definition) is 1. The van der Waals surface area contributed by atoms with Crippen LogP contribution in [-0.4, -0.2) is 68.6 Å². The highest BCUT2D eigenvalue weighted by atomic mass is 16.5. The van der Waals surface area contributed by atoms with Crippen LogP contribution in [0.15, 0.2) is 4.99 Å². The summed E-state index contributed by atoms with van der Waals surface area (Å²) in [5.41, 5.74) is 5.72. The summed E-state index contributed by atoms with van der Waals surface area (Å²) in [4.78, 5) is 20.7. The quantitative estimate of drug-likeness (QED) is 0.596. The molecule has 1 heterocycles. The number of morpholine rings is 1. The number of carbonyl (C=O) groups excluding carboxylic acids is 1. The van der Waals surface area contributed by atoms with Crippen molar-refractivity contribution in [1.82, 2.24) is 9.80 Å². The summed E-state index contributed by atoms with van der Waals surface area (Å²) in [6.45, 7) is 3.46. The van der Waals surface area contributed by atoms with Gasteiger partial charge in [0.25, 0.3) is 0 Å². The van der Waals surface area contributed by atoms with Crippen LogP contribution >= 0.6 is 0 Å². The third-order valence-corrected chi connectivity index (χ3v) is 4.30. The SMILES string of the molecule is CN(C)C(=O)C1(CN=C(N)N2CCOCC2)CCCC1. The Labute approximate surface area is 121 Å². The molecule has 0 aromatic rings. The first-order chi connectivity index (χ1) is 9.55. The molecule has 1 aliphatic carbocycles. The Balaban J connectivity index is 2.03. The molecule has 2 rings (SSSR count). The van der Waals surface area contributed by atoms with Crippen LogP contribution in [0.5, 0.6) is 0 Å². The lowest BCUT2D eigenvalue weighted by atomic mass is 9.85. The first-order valence-electron chi connectivity index (χ1n) is 7.39. The fraction of sp³-hybridized carbons (Fsp3) is 0.857. The van der Waals surface area contributed by atoms with Crippen LogP contribution in [0.2, 0.25) is 0 Å². The van der Waals surface area contributed by atoms with Gasteiger partial charge in [0.1, 0.15) is 0 Å². The van der Waals surface area contributed by atoms with Gasteiger partial charge in [0.05, 0.1) is 25.2 Å². The number of nitrogens with zero attached hydrogens (tertiary/aromatic N) is 3. The Kier molecular flexibility index (Phi) is 4.86. The zero-order chi connectivity index (χ0) is 14.6. The number of amides is 1. The van der Waals surface area contributed by atoms with Crippen LogP contribution in [-0.2, 0) is 9.53 Å². The Morgan fingerprint density at radius 2 is 1.90 bits per heavy atom. The molecular formula is C14H26N4O2. The molecule has 1 saturated carbocycles. The van der Waals surface area contributed by atoms with Gasteiger partial charge in [0.15, 0.2) is 5.96 Å². The highest BCUT2D eigenvalue weighted by molar-refractivity contribution is 5.84. The van der Waals surface area contributed by atoms with E-state index in [1.807, 2.05) is 19.0 Å². The number of aliphatic imine (C=N–C) groups is 1. The molecule has 1 amide bonds. The fourth-order valence-corrected chi connectivity index (χ4v) is 3.09. The van der Waals surface area contributed by atoms with Crippen molar-refractivity contribution in [2.24, 2.45) is 16.1 Å². The van der Waals surface area contributed by atoms with Gasteiger partial charge >= 0.3 is 0 Å². The van der Waals surface area contributed by atoms with Gasteiger partial charge in [-0.05, 0) is 12.8 Å². The average Bonchev–Trinajstić information content (AvgIpc) is 2.94. The molecular weight excluding hydrogens is 256 g/mol. The molecule has 2 N–H and O–H groups in total. The highest BCUT2D eigenvalue weighted by Crippen LogP contribution is 2.39. The van der Waals surface area contributed by atoms with Gasteiger partial charge in [-0.1, -0.05) is 12.8 Å². The number of nitrogens with two attached hydrogens (primary N) is 1. The average molecular weight is 282 g/mol. The molecule has 2 fully saturated rings. The van der Waals surface area contributed by atoms with Crippen LogP contribution in [0.3, 0.4) is 0 Å². The predicted molar refractivity (Wildman–Crippen MR) is 78.5 cm³/mol. The van der Waals surface area contributed by atoms with Gasteiger partial charge in [0, 0.05) is 27.2 Å². The number of rotatable bonds is 3. The molecule has 0 bridgehead atoms. The number of guanidine groups is 1. The Bertz CT molecular complexity index is 369. The monoisotopic (exact) mass is 282 g/mol. The Hall–Kier alpha value is -1.30.